The minimum atomic E-state index is -1.12. The first-order chi connectivity index (χ1) is 13.8. The van der Waals surface area contributed by atoms with Gasteiger partial charge in [-0.05, 0) is 12.1 Å². The van der Waals surface area contributed by atoms with Gasteiger partial charge in [0.25, 0.3) is 0 Å². The standard InChI is InChI=1S/C19H23N3O7/c1-12(23)27-11-17(28-13(2)24)19(29-14(3)25)18(26-4)16-10-20-22(21-16)15-8-6-5-7-9-15/h5-10,17-19H,11H2,1-4H3. The fourth-order valence-electron chi connectivity index (χ4n) is 2.65. The predicted octanol–water partition coefficient (Wildman–Crippen LogP) is 1.38. The number of aromatic nitrogens is 3. The van der Waals surface area contributed by atoms with Crippen molar-refractivity contribution >= 4 is 17.9 Å². The van der Waals surface area contributed by atoms with E-state index in [2.05, 4.69) is 10.2 Å². The Kier molecular flexibility index (Phi) is 7.84. The van der Waals surface area contributed by atoms with Gasteiger partial charge in [-0.15, -0.1) is 0 Å². The normalized spacial score (nSPS) is 13.8. The Morgan fingerprint density at radius 1 is 1.00 bits per heavy atom. The van der Waals surface area contributed by atoms with Gasteiger partial charge in [0, 0.05) is 27.9 Å². The molecule has 0 aliphatic heterocycles. The minimum absolute atomic E-state index is 0.320. The van der Waals surface area contributed by atoms with Crippen molar-refractivity contribution < 1.29 is 33.3 Å². The Morgan fingerprint density at radius 3 is 2.21 bits per heavy atom. The monoisotopic (exact) mass is 405 g/mol. The summed E-state index contributed by atoms with van der Waals surface area (Å²) in [5, 5.41) is 8.58. The number of hydrogen-bond acceptors (Lipinski definition) is 9. The summed E-state index contributed by atoms with van der Waals surface area (Å²) in [5.41, 5.74) is 1.05. The molecule has 2 rings (SSSR count). The van der Waals surface area contributed by atoms with Gasteiger partial charge >= 0.3 is 17.9 Å². The highest BCUT2D eigenvalue weighted by Crippen LogP contribution is 2.26. The molecular weight excluding hydrogens is 382 g/mol. The summed E-state index contributed by atoms with van der Waals surface area (Å²) < 4.78 is 21.1. The maximum atomic E-state index is 11.7. The number of methoxy groups -OCH3 is 1. The van der Waals surface area contributed by atoms with Crippen LogP contribution in [-0.2, 0) is 33.3 Å². The molecule has 3 atom stereocenters. The van der Waals surface area contributed by atoms with E-state index in [0.29, 0.717) is 11.4 Å². The molecule has 1 heterocycles. The summed E-state index contributed by atoms with van der Waals surface area (Å²) in [7, 11) is 1.39. The van der Waals surface area contributed by atoms with E-state index in [9.17, 15) is 14.4 Å². The molecule has 0 bridgehead atoms. The molecule has 0 aliphatic rings. The number of ether oxygens (including phenoxy) is 4. The predicted molar refractivity (Wildman–Crippen MR) is 98.9 cm³/mol. The van der Waals surface area contributed by atoms with Crippen LogP contribution in [-0.4, -0.2) is 58.8 Å². The fourth-order valence-corrected chi connectivity index (χ4v) is 2.65. The lowest BCUT2D eigenvalue weighted by molar-refractivity contribution is -0.185. The van der Waals surface area contributed by atoms with Crippen LogP contribution in [0.1, 0.15) is 32.6 Å². The molecular formula is C19H23N3O7. The quantitative estimate of drug-likeness (QED) is 0.450. The van der Waals surface area contributed by atoms with Gasteiger partial charge in [0.05, 0.1) is 11.9 Å². The topological polar surface area (TPSA) is 119 Å². The third kappa shape index (κ3) is 6.39. The van der Waals surface area contributed by atoms with Gasteiger partial charge in [0.15, 0.2) is 12.2 Å². The van der Waals surface area contributed by atoms with E-state index < -0.39 is 36.2 Å². The number of nitrogens with zero attached hydrogens (tertiary/aromatic N) is 3. The molecule has 0 saturated carbocycles. The van der Waals surface area contributed by atoms with Crippen LogP contribution in [0.2, 0.25) is 0 Å². The van der Waals surface area contributed by atoms with Crippen LogP contribution in [0.15, 0.2) is 36.5 Å². The second kappa shape index (κ2) is 10.3. The number of hydrogen-bond donors (Lipinski definition) is 0. The Morgan fingerprint density at radius 2 is 1.66 bits per heavy atom. The lowest BCUT2D eigenvalue weighted by Gasteiger charge is -2.30. The number of rotatable bonds is 9. The van der Waals surface area contributed by atoms with Gasteiger partial charge in [-0.2, -0.15) is 15.0 Å². The maximum absolute atomic E-state index is 11.7. The molecule has 3 unspecified atom stereocenters. The van der Waals surface area contributed by atoms with Gasteiger partial charge in [-0.1, -0.05) is 18.2 Å². The molecule has 0 radical (unpaired) electrons. The molecule has 10 heteroatoms. The van der Waals surface area contributed by atoms with Crippen LogP contribution < -0.4 is 0 Å². The smallest absolute Gasteiger partial charge is 0.303 e. The molecule has 1 aromatic carbocycles. The zero-order valence-electron chi connectivity index (χ0n) is 16.6. The minimum Gasteiger partial charge on any atom is -0.462 e. The average molecular weight is 405 g/mol. The Bertz CT molecular complexity index is 837. The molecule has 0 N–H and O–H groups in total. The van der Waals surface area contributed by atoms with E-state index in [1.165, 1.54) is 38.9 Å². The van der Waals surface area contributed by atoms with Gasteiger partial charge in [0.1, 0.15) is 18.4 Å². The number of benzene rings is 1. The summed E-state index contributed by atoms with van der Waals surface area (Å²) >= 11 is 0. The second-order valence-corrected chi connectivity index (χ2v) is 6.08. The molecule has 10 nitrogen and oxygen atoms in total. The van der Waals surface area contributed by atoms with Crippen molar-refractivity contribution in [2.24, 2.45) is 0 Å². The fraction of sp³-hybridized carbons (Fsp3) is 0.421. The molecule has 0 fully saturated rings. The summed E-state index contributed by atoms with van der Waals surface area (Å²) in [4.78, 5) is 35.9. The largest absolute Gasteiger partial charge is 0.462 e. The van der Waals surface area contributed by atoms with E-state index >= 15 is 0 Å². The molecule has 0 saturated heterocycles. The van der Waals surface area contributed by atoms with Crippen molar-refractivity contribution in [1.29, 1.82) is 0 Å². The van der Waals surface area contributed by atoms with Crippen molar-refractivity contribution in [3.05, 3.63) is 42.2 Å². The highest BCUT2D eigenvalue weighted by Gasteiger charge is 2.38. The van der Waals surface area contributed by atoms with Crippen LogP contribution in [0, 0.1) is 0 Å². The van der Waals surface area contributed by atoms with E-state index in [1.54, 1.807) is 0 Å². The number of esters is 3. The Hall–Kier alpha value is -3.27. The van der Waals surface area contributed by atoms with Gasteiger partial charge in [-0.3, -0.25) is 14.4 Å². The zero-order valence-corrected chi connectivity index (χ0v) is 16.6. The van der Waals surface area contributed by atoms with Crippen LogP contribution in [0.4, 0.5) is 0 Å². The highest BCUT2D eigenvalue weighted by molar-refractivity contribution is 5.68. The maximum Gasteiger partial charge on any atom is 0.303 e. The van der Waals surface area contributed by atoms with Crippen LogP contribution in [0.25, 0.3) is 5.69 Å². The number of carbonyl (C=O) groups is 3. The van der Waals surface area contributed by atoms with Crippen LogP contribution in [0.3, 0.4) is 0 Å². The Balaban J connectivity index is 2.36. The number of para-hydroxylation sites is 1. The summed E-state index contributed by atoms with van der Waals surface area (Å²) in [6.45, 7) is 3.29. The third-order valence-electron chi connectivity index (χ3n) is 3.78. The van der Waals surface area contributed by atoms with Gasteiger partial charge in [0.2, 0.25) is 0 Å². The lowest BCUT2D eigenvalue weighted by Crippen LogP contribution is -2.43. The van der Waals surface area contributed by atoms with E-state index in [-0.39, 0.29) is 6.61 Å². The average Bonchev–Trinajstić information content (AvgIpc) is 3.15. The van der Waals surface area contributed by atoms with Gasteiger partial charge in [-0.25, -0.2) is 0 Å². The second-order valence-electron chi connectivity index (χ2n) is 6.08. The Labute approximate surface area is 167 Å². The van der Waals surface area contributed by atoms with E-state index in [0.717, 1.165) is 0 Å². The SMILES string of the molecule is COC(c1cnn(-c2ccccc2)n1)C(OC(C)=O)C(COC(C)=O)OC(C)=O. The molecule has 2 aromatic rings. The molecule has 0 aliphatic carbocycles. The molecule has 156 valence electrons. The molecule has 0 spiro atoms. The molecule has 0 amide bonds. The summed E-state index contributed by atoms with van der Waals surface area (Å²) in [6.07, 6.45) is -1.71. The first kappa shape index (κ1) is 22.0. The van der Waals surface area contributed by atoms with Crippen LogP contribution >= 0.6 is 0 Å². The third-order valence-corrected chi connectivity index (χ3v) is 3.78. The molecule has 29 heavy (non-hydrogen) atoms. The van der Waals surface area contributed by atoms with Gasteiger partial charge < -0.3 is 18.9 Å². The van der Waals surface area contributed by atoms with Crippen molar-refractivity contribution in [3.8, 4) is 5.69 Å². The van der Waals surface area contributed by atoms with E-state index in [1.807, 2.05) is 30.3 Å². The zero-order chi connectivity index (χ0) is 21.4. The van der Waals surface area contributed by atoms with Crippen molar-refractivity contribution in [3.63, 3.8) is 0 Å². The van der Waals surface area contributed by atoms with Crippen LogP contribution in [0.5, 0.6) is 0 Å². The summed E-state index contributed by atoms with van der Waals surface area (Å²) in [5.74, 6) is -1.85. The first-order valence-corrected chi connectivity index (χ1v) is 8.80. The van der Waals surface area contributed by atoms with Crippen molar-refractivity contribution in [1.82, 2.24) is 15.0 Å². The first-order valence-electron chi connectivity index (χ1n) is 8.80. The summed E-state index contributed by atoms with van der Waals surface area (Å²) in [6, 6.07) is 9.17. The van der Waals surface area contributed by atoms with E-state index in [4.69, 9.17) is 18.9 Å². The lowest BCUT2D eigenvalue weighted by atomic mass is 10.1. The number of carbonyl (C=O) groups excluding carboxylic acids is 3. The molecule has 1 aromatic heterocycles. The van der Waals surface area contributed by atoms with Crippen molar-refractivity contribution in [2.45, 2.75) is 39.1 Å². The highest BCUT2D eigenvalue weighted by atomic mass is 16.6. The van der Waals surface area contributed by atoms with Crippen molar-refractivity contribution in [2.75, 3.05) is 13.7 Å².